The Hall–Kier alpha value is -10.5. The Morgan fingerprint density at radius 1 is 0.440 bits per heavy atom. The minimum absolute atomic E-state index is 0.162. The SMILES string of the molecule is C=C/C=C(\C=C/C)N(c1ccccc1)c1cc2c3c(c1)N(c1ccccc1)c1cc4c(cc1B3c1ccccc1N2c1ccccc1)B1c2sc3ccccc3c2Oc2cc(N(c3ccccc3)c3ccccc3)cc(c21)N4c1ccccc1. The van der Waals surface area contributed by atoms with Crippen molar-refractivity contribution in [3.63, 3.8) is 0 Å². The van der Waals surface area contributed by atoms with E-state index in [9.17, 15) is 0 Å². The molecule has 0 saturated heterocycles. The average molecular weight is 1090 g/mol. The van der Waals surface area contributed by atoms with Crippen molar-refractivity contribution in [2.75, 3.05) is 24.5 Å². The summed E-state index contributed by atoms with van der Waals surface area (Å²) >= 11 is 1.85. The second kappa shape index (κ2) is 20.2. The first-order chi connectivity index (χ1) is 41.6. The summed E-state index contributed by atoms with van der Waals surface area (Å²) in [6.45, 7) is 5.97. The first-order valence-electron chi connectivity index (χ1n) is 28.7. The number of fused-ring (bicyclic) bond motifs is 10. The van der Waals surface area contributed by atoms with Crippen LogP contribution in [0.4, 0.5) is 79.6 Å². The molecule has 0 atom stereocenters. The highest BCUT2D eigenvalue weighted by Crippen LogP contribution is 2.52. The number of para-hydroxylation sites is 7. The van der Waals surface area contributed by atoms with E-state index in [0.717, 1.165) is 108 Å². The fourth-order valence-corrected chi connectivity index (χ4v) is 14.8. The summed E-state index contributed by atoms with van der Waals surface area (Å²) in [5.74, 6) is 1.78. The molecule has 0 N–H and O–H groups in total. The van der Waals surface area contributed by atoms with Gasteiger partial charge in [-0.25, -0.2) is 0 Å². The predicted molar refractivity (Wildman–Crippen MR) is 358 cm³/mol. The van der Waals surface area contributed by atoms with Crippen molar-refractivity contribution < 1.29 is 4.74 Å². The Morgan fingerprint density at radius 2 is 0.929 bits per heavy atom. The lowest BCUT2D eigenvalue weighted by Gasteiger charge is -2.46. The molecular weight excluding hydrogens is 1040 g/mol. The van der Waals surface area contributed by atoms with Crippen molar-refractivity contribution in [2.45, 2.75) is 6.92 Å². The number of hydrogen-bond acceptors (Lipinski definition) is 7. The van der Waals surface area contributed by atoms with Crippen molar-refractivity contribution in [1.29, 1.82) is 0 Å². The highest BCUT2D eigenvalue weighted by Gasteiger charge is 2.49. The summed E-state index contributed by atoms with van der Waals surface area (Å²) in [6, 6.07) is 97.4. The molecule has 0 radical (unpaired) electrons. The van der Waals surface area contributed by atoms with Gasteiger partial charge in [0, 0.05) is 94.9 Å². The van der Waals surface area contributed by atoms with Gasteiger partial charge in [-0.15, -0.1) is 11.3 Å². The molecule has 0 amide bonds. The van der Waals surface area contributed by atoms with E-state index in [2.05, 4.69) is 323 Å². The van der Waals surface area contributed by atoms with Crippen LogP contribution in [0.15, 0.2) is 304 Å². The number of ether oxygens (including phenoxy) is 1. The maximum absolute atomic E-state index is 7.48. The van der Waals surface area contributed by atoms with Gasteiger partial charge in [0.15, 0.2) is 0 Å². The molecule has 16 rings (SSSR count). The molecule has 0 unspecified atom stereocenters. The van der Waals surface area contributed by atoms with Crippen molar-refractivity contribution in [2.24, 2.45) is 0 Å². The maximum atomic E-state index is 7.48. The third-order valence-corrected chi connectivity index (χ3v) is 18.0. The second-order valence-electron chi connectivity index (χ2n) is 21.6. The summed E-state index contributed by atoms with van der Waals surface area (Å²) in [5.41, 5.74) is 22.1. The van der Waals surface area contributed by atoms with Crippen LogP contribution in [0.25, 0.3) is 10.1 Å². The molecule has 0 spiro atoms. The monoisotopic (exact) mass is 1090 g/mol. The lowest BCUT2D eigenvalue weighted by Crippen LogP contribution is -2.64. The molecule has 12 aromatic rings. The van der Waals surface area contributed by atoms with Gasteiger partial charge in [-0.2, -0.15) is 0 Å². The van der Waals surface area contributed by atoms with Crippen molar-refractivity contribution >= 4 is 147 Å². The van der Waals surface area contributed by atoms with Gasteiger partial charge >= 0.3 is 0 Å². The molecule has 11 aromatic carbocycles. The number of thiophene rings is 1. The molecule has 9 heteroatoms. The third-order valence-electron chi connectivity index (χ3n) is 16.8. The maximum Gasteiger partial charge on any atom is 0.268 e. The van der Waals surface area contributed by atoms with Gasteiger partial charge in [0.2, 0.25) is 0 Å². The first kappa shape index (κ1) is 49.4. The van der Waals surface area contributed by atoms with Crippen LogP contribution in [0.1, 0.15) is 6.92 Å². The molecule has 0 aliphatic carbocycles. The molecule has 0 saturated carbocycles. The largest absolute Gasteiger partial charge is 0.457 e. The summed E-state index contributed by atoms with van der Waals surface area (Å²) in [4.78, 5) is 12.3. The summed E-state index contributed by atoms with van der Waals surface area (Å²) in [6.07, 6.45) is 8.27. The third kappa shape index (κ3) is 7.80. The molecule has 5 heterocycles. The lowest BCUT2D eigenvalue weighted by atomic mass is 9.31. The van der Waals surface area contributed by atoms with E-state index in [-0.39, 0.29) is 13.4 Å². The van der Waals surface area contributed by atoms with Gasteiger partial charge in [-0.05, 0) is 162 Å². The molecule has 0 bridgehead atoms. The van der Waals surface area contributed by atoms with Gasteiger partial charge in [0.25, 0.3) is 13.4 Å². The zero-order chi connectivity index (χ0) is 55.8. The van der Waals surface area contributed by atoms with Gasteiger partial charge in [0.1, 0.15) is 11.5 Å². The van der Waals surface area contributed by atoms with Gasteiger partial charge in [0.05, 0.1) is 11.4 Å². The quantitative estimate of drug-likeness (QED) is 0.0946. The summed E-state index contributed by atoms with van der Waals surface area (Å²) < 4.78 is 9.89. The highest BCUT2D eigenvalue weighted by atomic mass is 32.1. The minimum Gasteiger partial charge on any atom is -0.457 e. The van der Waals surface area contributed by atoms with Crippen LogP contribution in [0, 0.1) is 0 Å². The molecule has 6 nitrogen and oxygen atoms in total. The molecule has 396 valence electrons. The Balaban J connectivity index is 1.03. The van der Waals surface area contributed by atoms with Crippen LogP contribution >= 0.6 is 11.3 Å². The number of rotatable bonds is 11. The van der Waals surface area contributed by atoms with E-state index in [4.69, 9.17) is 4.74 Å². The normalized spacial score (nSPS) is 13.3. The topological polar surface area (TPSA) is 25.4 Å². The van der Waals surface area contributed by atoms with Crippen LogP contribution in [-0.2, 0) is 0 Å². The van der Waals surface area contributed by atoms with E-state index >= 15 is 0 Å². The zero-order valence-corrected chi connectivity index (χ0v) is 46.9. The molecule has 1 aromatic heterocycles. The fraction of sp³-hybridized carbons (Fsp3) is 0.0133. The van der Waals surface area contributed by atoms with Crippen LogP contribution in [-0.4, -0.2) is 13.4 Å². The summed E-state index contributed by atoms with van der Waals surface area (Å²) in [7, 11) is 0. The highest BCUT2D eigenvalue weighted by molar-refractivity contribution is 7.33. The van der Waals surface area contributed by atoms with E-state index in [1.54, 1.807) is 0 Å². The first-order valence-corrected chi connectivity index (χ1v) is 29.5. The number of nitrogens with zero attached hydrogens (tertiary/aromatic N) is 5. The van der Waals surface area contributed by atoms with E-state index in [0.29, 0.717) is 0 Å². The van der Waals surface area contributed by atoms with E-state index < -0.39 is 0 Å². The van der Waals surface area contributed by atoms with Crippen molar-refractivity contribution in [3.8, 4) is 11.5 Å². The second-order valence-corrected chi connectivity index (χ2v) is 22.7. The molecule has 84 heavy (non-hydrogen) atoms. The van der Waals surface area contributed by atoms with Crippen LogP contribution in [0.2, 0.25) is 0 Å². The number of allylic oxidation sites excluding steroid dienone is 4. The van der Waals surface area contributed by atoms with Gasteiger partial charge < -0.3 is 29.2 Å². The fourth-order valence-electron chi connectivity index (χ4n) is 13.5. The Labute approximate surface area is 494 Å². The Bertz CT molecular complexity index is 4560. The number of anilines is 14. The molecule has 4 aliphatic heterocycles. The molecule has 0 fully saturated rings. The molecule has 4 aliphatic rings. The average Bonchev–Trinajstić information content (AvgIpc) is 0.969. The van der Waals surface area contributed by atoms with Crippen molar-refractivity contribution in [3.05, 3.63) is 304 Å². The van der Waals surface area contributed by atoms with Gasteiger partial charge in [-0.3, -0.25) is 0 Å². The van der Waals surface area contributed by atoms with Crippen molar-refractivity contribution in [1.82, 2.24) is 0 Å². The zero-order valence-electron chi connectivity index (χ0n) is 46.1. The predicted octanol–water partition coefficient (Wildman–Crippen LogP) is 16.6. The van der Waals surface area contributed by atoms with Crippen LogP contribution in [0.5, 0.6) is 11.5 Å². The summed E-state index contributed by atoms with van der Waals surface area (Å²) in [5, 5.41) is 1.12. The van der Waals surface area contributed by atoms with Crippen LogP contribution in [0.3, 0.4) is 0 Å². The van der Waals surface area contributed by atoms with E-state index in [1.807, 2.05) is 17.4 Å². The number of benzene rings is 11. The van der Waals surface area contributed by atoms with E-state index in [1.165, 1.54) is 31.3 Å². The van der Waals surface area contributed by atoms with Gasteiger partial charge in [-0.1, -0.05) is 164 Å². The van der Waals surface area contributed by atoms with Crippen LogP contribution < -0.4 is 61.3 Å². The minimum atomic E-state index is -0.165. The number of hydrogen-bond donors (Lipinski definition) is 0. The lowest BCUT2D eigenvalue weighted by molar-refractivity contribution is 0.495. The Kier molecular flexibility index (Phi) is 11.9. The standard InChI is InChI=1S/C75H53B2N5OS/c1-3-27-51(28-4-2)78(52-29-11-5-12-30-52)58-45-67-72-68(46-58)81(56-37-19-9-20-38-56)65-50-66-63(49-62(65)76(72)61-42-24-25-43-64(61)80(67)55-35-17-8-18-36-55)77-73-69(82(66)57-39-21-10-22-40-57)47-59(79(53-31-13-6-14-32-53)54-33-15-7-16-34-54)48-70(73)83-74-60-41-23-26-44-71(60)84-75(74)77/h3-50H,1H2,2H3/b28-4-,51-27+. The Morgan fingerprint density at radius 3 is 1.51 bits per heavy atom. The molecular formula is C75H53B2N5OS. The smallest absolute Gasteiger partial charge is 0.268 e.